The molecule has 140 valence electrons. The summed E-state index contributed by atoms with van der Waals surface area (Å²) in [5.74, 6) is 0.440. The monoisotopic (exact) mass is 389 g/mol. The second kappa shape index (κ2) is 6.45. The molecule has 3 aromatic heterocycles. The molecule has 1 unspecified atom stereocenters. The number of amides is 1. The van der Waals surface area contributed by atoms with Crippen LogP contribution in [0.4, 0.5) is 16.5 Å². The molecule has 0 aliphatic carbocycles. The number of pyridine rings is 1. The van der Waals surface area contributed by atoms with E-state index in [2.05, 4.69) is 27.8 Å². The molecule has 1 aromatic carbocycles. The van der Waals surface area contributed by atoms with Crippen molar-refractivity contribution >= 4 is 39.4 Å². The summed E-state index contributed by atoms with van der Waals surface area (Å²) in [6.45, 7) is 4.07. The number of nitrogens with zero attached hydrogens (tertiary/aromatic N) is 3. The lowest BCUT2D eigenvalue weighted by Crippen LogP contribution is -2.29. The molecule has 2 N–H and O–H groups in total. The topological polar surface area (TPSA) is 71.3 Å². The lowest BCUT2D eigenvalue weighted by molar-refractivity contribution is -0.117. The van der Waals surface area contributed by atoms with E-state index < -0.39 is 0 Å². The van der Waals surface area contributed by atoms with E-state index in [1.54, 1.807) is 11.7 Å². The molecule has 4 aromatic rings. The smallest absolute Gasteiger partial charge is 0.234 e. The second-order valence-corrected chi connectivity index (χ2v) is 8.06. The van der Waals surface area contributed by atoms with Crippen LogP contribution in [-0.2, 0) is 11.2 Å². The fourth-order valence-corrected chi connectivity index (χ4v) is 4.18. The Morgan fingerprint density at radius 2 is 2.07 bits per heavy atom. The number of benzene rings is 1. The standard InChI is InChI=1S/C21H19N5OS/c1-12-3-5-14-8-15(21(27)23-16(14)7-12)19-20(25-18-9-22-11-28-18)26-10-13(2)4-6-17(26)24-19/h3-7,9-11,15,25H,8H2,1-2H3,(H,23,27). The van der Waals surface area contributed by atoms with Gasteiger partial charge in [-0.1, -0.05) is 18.2 Å². The number of anilines is 3. The Morgan fingerprint density at radius 1 is 1.21 bits per heavy atom. The molecule has 1 atom stereocenters. The fraction of sp³-hybridized carbons (Fsp3) is 0.190. The van der Waals surface area contributed by atoms with Crippen molar-refractivity contribution in [3.05, 3.63) is 70.6 Å². The largest absolute Gasteiger partial charge is 0.330 e. The molecule has 6 nitrogen and oxygen atoms in total. The lowest BCUT2D eigenvalue weighted by Gasteiger charge is -2.24. The Morgan fingerprint density at radius 3 is 2.89 bits per heavy atom. The maximum atomic E-state index is 13.0. The maximum Gasteiger partial charge on any atom is 0.234 e. The number of hydrogen-bond acceptors (Lipinski definition) is 5. The van der Waals surface area contributed by atoms with Gasteiger partial charge in [0.05, 0.1) is 23.3 Å². The van der Waals surface area contributed by atoms with Gasteiger partial charge < -0.3 is 10.6 Å². The number of rotatable bonds is 3. The van der Waals surface area contributed by atoms with Crippen LogP contribution in [0.5, 0.6) is 0 Å². The van der Waals surface area contributed by atoms with Crippen LogP contribution in [-0.4, -0.2) is 20.3 Å². The van der Waals surface area contributed by atoms with Gasteiger partial charge in [-0.15, -0.1) is 11.3 Å². The number of hydrogen-bond donors (Lipinski definition) is 2. The summed E-state index contributed by atoms with van der Waals surface area (Å²) in [4.78, 5) is 21.9. The minimum atomic E-state index is -0.356. The van der Waals surface area contributed by atoms with Gasteiger partial charge >= 0.3 is 0 Å². The Hall–Kier alpha value is -3.19. The highest BCUT2D eigenvalue weighted by molar-refractivity contribution is 7.13. The Balaban J connectivity index is 1.63. The van der Waals surface area contributed by atoms with Crippen LogP contribution in [0.25, 0.3) is 5.65 Å². The maximum absolute atomic E-state index is 13.0. The summed E-state index contributed by atoms with van der Waals surface area (Å²) >= 11 is 1.52. The zero-order chi connectivity index (χ0) is 19.3. The molecule has 0 saturated carbocycles. The van der Waals surface area contributed by atoms with Crippen LogP contribution in [0, 0.1) is 13.8 Å². The van der Waals surface area contributed by atoms with Crippen molar-refractivity contribution in [3.8, 4) is 0 Å². The highest BCUT2D eigenvalue weighted by Crippen LogP contribution is 2.36. The molecular weight excluding hydrogens is 370 g/mol. The number of aromatic nitrogens is 3. The molecule has 1 aliphatic rings. The third-order valence-corrected chi connectivity index (χ3v) is 5.75. The van der Waals surface area contributed by atoms with Crippen LogP contribution in [0.3, 0.4) is 0 Å². The molecule has 5 rings (SSSR count). The quantitative estimate of drug-likeness (QED) is 0.544. The number of aryl methyl sites for hydroxylation is 2. The molecule has 1 amide bonds. The lowest BCUT2D eigenvalue weighted by atomic mass is 9.90. The number of imidazole rings is 1. The predicted octanol–water partition coefficient (Wildman–Crippen LogP) is 4.43. The minimum Gasteiger partial charge on any atom is -0.330 e. The van der Waals surface area contributed by atoms with E-state index in [1.165, 1.54) is 11.3 Å². The van der Waals surface area contributed by atoms with E-state index >= 15 is 0 Å². The fourth-order valence-electron chi connectivity index (χ4n) is 3.67. The van der Waals surface area contributed by atoms with E-state index in [4.69, 9.17) is 4.98 Å². The highest BCUT2D eigenvalue weighted by atomic mass is 32.1. The van der Waals surface area contributed by atoms with Gasteiger partial charge in [0.1, 0.15) is 16.5 Å². The van der Waals surface area contributed by atoms with Crippen molar-refractivity contribution in [1.82, 2.24) is 14.4 Å². The van der Waals surface area contributed by atoms with Gasteiger partial charge in [0, 0.05) is 11.9 Å². The third-order valence-electron chi connectivity index (χ3n) is 5.06. The third kappa shape index (κ3) is 2.84. The zero-order valence-electron chi connectivity index (χ0n) is 15.6. The molecule has 1 aliphatic heterocycles. The van der Waals surface area contributed by atoms with Crippen molar-refractivity contribution in [2.24, 2.45) is 0 Å². The second-order valence-electron chi connectivity index (χ2n) is 7.18. The van der Waals surface area contributed by atoms with Gasteiger partial charge in [0.2, 0.25) is 5.91 Å². The summed E-state index contributed by atoms with van der Waals surface area (Å²) in [5, 5.41) is 7.41. The SMILES string of the molecule is Cc1ccc2c(c1)NC(=O)C(c1nc3ccc(C)cn3c1Nc1cncs1)C2. The van der Waals surface area contributed by atoms with Gasteiger partial charge in [-0.25, -0.2) is 4.98 Å². The van der Waals surface area contributed by atoms with E-state index in [9.17, 15) is 4.79 Å². The highest BCUT2D eigenvalue weighted by Gasteiger charge is 2.32. The number of carbonyl (C=O) groups excluding carboxylic acids is 1. The summed E-state index contributed by atoms with van der Waals surface area (Å²) in [6.07, 6.45) is 4.44. The normalized spacial score (nSPS) is 16.1. The first-order valence-corrected chi connectivity index (χ1v) is 10.0. The molecule has 0 spiro atoms. The van der Waals surface area contributed by atoms with Crippen molar-refractivity contribution < 1.29 is 4.79 Å². The number of thiazole rings is 1. The average molecular weight is 389 g/mol. The van der Waals surface area contributed by atoms with Gasteiger partial charge in [-0.2, -0.15) is 0 Å². The molecule has 28 heavy (non-hydrogen) atoms. The van der Waals surface area contributed by atoms with E-state index in [-0.39, 0.29) is 11.8 Å². The Bertz CT molecular complexity index is 1200. The van der Waals surface area contributed by atoms with Crippen molar-refractivity contribution in [3.63, 3.8) is 0 Å². The molecule has 0 fully saturated rings. The van der Waals surface area contributed by atoms with E-state index in [0.29, 0.717) is 6.42 Å². The number of carbonyl (C=O) groups is 1. The van der Waals surface area contributed by atoms with Crippen LogP contribution in [0.1, 0.15) is 28.3 Å². The first-order valence-electron chi connectivity index (χ1n) is 9.13. The summed E-state index contributed by atoms with van der Waals surface area (Å²) in [7, 11) is 0. The van der Waals surface area contributed by atoms with E-state index in [1.807, 2.05) is 42.6 Å². The summed E-state index contributed by atoms with van der Waals surface area (Å²) < 4.78 is 2.02. The van der Waals surface area contributed by atoms with Crippen LogP contribution in [0.15, 0.2) is 48.2 Å². The van der Waals surface area contributed by atoms with Crippen LogP contribution < -0.4 is 10.6 Å². The zero-order valence-corrected chi connectivity index (χ0v) is 16.4. The first kappa shape index (κ1) is 16.9. The van der Waals surface area contributed by atoms with Gasteiger partial charge in [0.15, 0.2) is 0 Å². The molecule has 7 heteroatoms. The van der Waals surface area contributed by atoms with Gasteiger partial charge in [-0.3, -0.25) is 14.2 Å². The molecular formula is C21H19N5OS. The van der Waals surface area contributed by atoms with Gasteiger partial charge in [-0.05, 0) is 49.1 Å². The predicted molar refractivity (Wildman–Crippen MR) is 112 cm³/mol. The van der Waals surface area contributed by atoms with Crippen molar-refractivity contribution in [2.75, 3.05) is 10.6 Å². The van der Waals surface area contributed by atoms with Crippen LogP contribution >= 0.6 is 11.3 Å². The van der Waals surface area contributed by atoms with Crippen LogP contribution in [0.2, 0.25) is 0 Å². The first-order chi connectivity index (χ1) is 13.6. The average Bonchev–Trinajstić information content (AvgIpc) is 3.30. The van der Waals surface area contributed by atoms with Crippen molar-refractivity contribution in [2.45, 2.75) is 26.2 Å². The summed E-state index contributed by atoms with van der Waals surface area (Å²) in [6, 6.07) is 10.2. The summed E-state index contributed by atoms with van der Waals surface area (Å²) in [5.41, 5.74) is 7.64. The van der Waals surface area contributed by atoms with Gasteiger partial charge in [0.25, 0.3) is 0 Å². The molecule has 4 heterocycles. The Labute approximate surface area is 166 Å². The molecule has 0 radical (unpaired) electrons. The number of fused-ring (bicyclic) bond motifs is 2. The molecule has 0 saturated heterocycles. The number of nitrogens with one attached hydrogen (secondary N) is 2. The van der Waals surface area contributed by atoms with Crippen molar-refractivity contribution in [1.29, 1.82) is 0 Å². The Kier molecular flexibility index (Phi) is 3.91. The van der Waals surface area contributed by atoms with E-state index in [0.717, 1.165) is 44.5 Å². The minimum absolute atomic E-state index is 0.0226. The molecule has 0 bridgehead atoms.